The van der Waals surface area contributed by atoms with Crippen LogP contribution in [-0.4, -0.2) is 9.76 Å². The standard InChI is InChI=1S/C14H22OSi/c1-4-5-11-16-15-13(3)12(2)14-9-7-6-8-10-14/h6-10H,4-5,11,16H2,1-3H3. The van der Waals surface area contributed by atoms with E-state index in [2.05, 4.69) is 45.0 Å². The lowest BCUT2D eigenvalue weighted by Gasteiger charge is -2.10. The molecule has 0 saturated carbocycles. The SMILES string of the molecule is CCCC[SiH2]OC(C)=C(C)c1ccccc1. The highest BCUT2D eigenvalue weighted by atomic mass is 28.2. The Morgan fingerprint density at radius 2 is 1.88 bits per heavy atom. The summed E-state index contributed by atoms with van der Waals surface area (Å²) in [7, 11) is -0.353. The van der Waals surface area contributed by atoms with E-state index < -0.39 is 0 Å². The van der Waals surface area contributed by atoms with Crippen molar-refractivity contribution in [3.8, 4) is 0 Å². The summed E-state index contributed by atoms with van der Waals surface area (Å²) in [6, 6.07) is 11.7. The highest BCUT2D eigenvalue weighted by Gasteiger charge is 2.00. The van der Waals surface area contributed by atoms with Crippen LogP contribution in [0.2, 0.25) is 6.04 Å². The second-order valence-electron chi connectivity index (χ2n) is 4.10. The Labute approximate surface area is 101 Å². The second-order valence-corrected chi connectivity index (χ2v) is 5.51. The summed E-state index contributed by atoms with van der Waals surface area (Å²) in [5, 5.41) is 0. The fourth-order valence-electron chi connectivity index (χ4n) is 1.58. The van der Waals surface area contributed by atoms with Gasteiger partial charge in [0.1, 0.15) is 0 Å². The van der Waals surface area contributed by atoms with Gasteiger partial charge >= 0.3 is 0 Å². The van der Waals surface area contributed by atoms with E-state index in [0.717, 1.165) is 5.76 Å². The lowest BCUT2D eigenvalue weighted by atomic mass is 10.1. The van der Waals surface area contributed by atoms with Gasteiger partial charge in [0.15, 0.2) is 0 Å². The van der Waals surface area contributed by atoms with E-state index in [-0.39, 0.29) is 9.76 Å². The minimum absolute atomic E-state index is 0.353. The van der Waals surface area contributed by atoms with Gasteiger partial charge in [0.05, 0.1) is 5.76 Å². The van der Waals surface area contributed by atoms with Crippen molar-refractivity contribution in [2.75, 3.05) is 0 Å². The van der Waals surface area contributed by atoms with E-state index >= 15 is 0 Å². The van der Waals surface area contributed by atoms with Gasteiger partial charge in [-0.05, 0) is 31.0 Å². The average molecular weight is 234 g/mol. The van der Waals surface area contributed by atoms with Gasteiger partial charge in [0.2, 0.25) is 9.76 Å². The van der Waals surface area contributed by atoms with Gasteiger partial charge in [-0.1, -0.05) is 50.1 Å². The number of rotatable bonds is 6. The summed E-state index contributed by atoms with van der Waals surface area (Å²) in [5.74, 6) is 1.11. The zero-order chi connectivity index (χ0) is 11.8. The molecule has 1 rings (SSSR count). The smallest absolute Gasteiger partial charge is 0.219 e. The molecule has 0 spiro atoms. The highest BCUT2D eigenvalue weighted by Crippen LogP contribution is 2.18. The van der Waals surface area contributed by atoms with Gasteiger partial charge in [0, 0.05) is 0 Å². The number of unbranched alkanes of at least 4 members (excludes halogenated alkanes) is 1. The zero-order valence-corrected chi connectivity index (χ0v) is 12.0. The highest BCUT2D eigenvalue weighted by molar-refractivity contribution is 6.27. The lowest BCUT2D eigenvalue weighted by Crippen LogP contribution is -1.98. The van der Waals surface area contributed by atoms with E-state index in [1.807, 2.05) is 6.07 Å². The summed E-state index contributed by atoms with van der Waals surface area (Å²) in [6.07, 6.45) is 2.58. The van der Waals surface area contributed by atoms with E-state index in [1.54, 1.807) is 0 Å². The molecular weight excluding hydrogens is 212 g/mol. The molecule has 0 bridgehead atoms. The second kappa shape index (κ2) is 7.28. The van der Waals surface area contributed by atoms with Crippen molar-refractivity contribution in [3.63, 3.8) is 0 Å². The summed E-state index contributed by atoms with van der Waals surface area (Å²) in [6.45, 7) is 6.45. The van der Waals surface area contributed by atoms with Crippen LogP contribution in [0.4, 0.5) is 0 Å². The van der Waals surface area contributed by atoms with Crippen LogP contribution in [0.15, 0.2) is 36.1 Å². The summed E-state index contributed by atoms with van der Waals surface area (Å²) in [4.78, 5) is 0. The predicted molar refractivity (Wildman–Crippen MR) is 74.1 cm³/mol. The van der Waals surface area contributed by atoms with Crippen LogP contribution in [0.25, 0.3) is 5.57 Å². The van der Waals surface area contributed by atoms with E-state index in [1.165, 1.54) is 30.0 Å². The molecule has 0 unspecified atom stereocenters. The maximum Gasteiger partial charge on any atom is 0.219 e. The number of hydrogen-bond acceptors (Lipinski definition) is 1. The van der Waals surface area contributed by atoms with Crippen LogP contribution >= 0.6 is 0 Å². The first-order valence-electron chi connectivity index (χ1n) is 6.11. The molecule has 2 heteroatoms. The minimum atomic E-state index is -0.353. The normalized spacial score (nSPS) is 12.9. The molecule has 0 atom stereocenters. The summed E-state index contributed by atoms with van der Waals surface area (Å²) in [5.41, 5.74) is 2.54. The number of hydrogen-bond donors (Lipinski definition) is 0. The third-order valence-corrected chi connectivity index (χ3v) is 4.23. The Balaban J connectivity index is 2.52. The molecule has 0 amide bonds. The van der Waals surface area contributed by atoms with E-state index in [4.69, 9.17) is 4.43 Å². The van der Waals surface area contributed by atoms with E-state index in [9.17, 15) is 0 Å². The van der Waals surface area contributed by atoms with Gasteiger partial charge in [-0.15, -0.1) is 0 Å². The lowest BCUT2D eigenvalue weighted by molar-refractivity contribution is 0.454. The topological polar surface area (TPSA) is 9.23 Å². The quantitative estimate of drug-likeness (QED) is 0.414. The molecule has 1 nitrogen and oxygen atoms in total. The Bertz CT molecular complexity index is 330. The Kier molecular flexibility index (Phi) is 5.94. The molecule has 0 fully saturated rings. The molecule has 1 aromatic rings. The first-order valence-corrected chi connectivity index (χ1v) is 7.69. The Morgan fingerprint density at radius 1 is 1.19 bits per heavy atom. The largest absolute Gasteiger partial charge is 0.552 e. The van der Waals surface area contributed by atoms with Gasteiger partial charge in [0.25, 0.3) is 0 Å². The summed E-state index contributed by atoms with van der Waals surface area (Å²) < 4.78 is 5.88. The van der Waals surface area contributed by atoms with Gasteiger partial charge in [-0.25, -0.2) is 0 Å². The average Bonchev–Trinajstić information content (AvgIpc) is 2.34. The monoisotopic (exact) mass is 234 g/mol. The first-order chi connectivity index (χ1) is 7.75. The molecule has 0 aromatic heterocycles. The Morgan fingerprint density at radius 3 is 2.50 bits per heavy atom. The van der Waals surface area contributed by atoms with Gasteiger partial charge in [-0.2, -0.15) is 0 Å². The molecule has 0 heterocycles. The van der Waals surface area contributed by atoms with Gasteiger partial charge < -0.3 is 4.43 Å². The first kappa shape index (κ1) is 13.0. The van der Waals surface area contributed by atoms with Crippen LogP contribution in [0.3, 0.4) is 0 Å². The molecule has 0 aliphatic carbocycles. The van der Waals surface area contributed by atoms with Crippen molar-refractivity contribution in [3.05, 3.63) is 41.7 Å². The van der Waals surface area contributed by atoms with Crippen LogP contribution in [0, 0.1) is 0 Å². The molecule has 0 aliphatic heterocycles. The number of allylic oxidation sites excluding steroid dienone is 2. The van der Waals surface area contributed by atoms with Crippen molar-refractivity contribution < 1.29 is 4.43 Å². The molecule has 0 N–H and O–H groups in total. The summed E-state index contributed by atoms with van der Waals surface area (Å²) >= 11 is 0. The molecular formula is C14H22OSi. The maximum absolute atomic E-state index is 5.88. The molecule has 16 heavy (non-hydrogen) atoms. The molecule has 1 aromatic carbocycles. The maximum atomic E-state index is 5.88. The third kappa shape index (κ3) is 4.23. The number of benzene rings is 1. The van der Waals surface area contributed by atoms with Crippen molar-refractivity contribution >= 4 is 15.3 Å². The van der Waals surface area contributed by atoms with Crippen molar-refractivity contribution in [2.24, 2.45) is 0 Å². The Hall–Kier alpha value is -1.02. The third-order valence-electron chi connectivity index (χ3n) is 2.80. The van der Waals surface area contributed by atoms with Crippen LogP contribution in [-0.2, 0) is 4.43 Å². The molecule has 0 radical (unpaired) electrons. The van der Waals surface area contributed by atoms with Crippen molar-refractivity contribution in [1.82, 2.24) is 0 Å². The molecule has 0 aliphatic rings. The molecule has 0 saturated heterocycles. The van der Waals surface area contributed by atoms with Crippen LogP contribution < -0.4 is 0 Å². The van der Waals surface area contributed by atoms with Crippen LogP contribution in [0.1, 0.15) is 39.2 Å². The van der Waals surface area contributed by atoms with E-state index in [0.29, 0.717) is 0 Å². The van der Waals surface area contributed by atoms with Crippen molar-refractivity contribution in [1.29, 1.82) is 0 Å². The van der Waals surface area contributed by atoms with Crippen molar-refractivity contribution in [2.45, 2.75) is 39.7 Å². The molecule has 88 valence electrons. The fourth-order valence-corrected chi connectivity index (χ4v) is 2.95. The minimum Gasteiger partial charge on any atom is -0.552 e. The zero-order valence-electron chi connectivity index (χ0n) is 10.6. The predicted octanol–water partition coefficient (Wildman–Crippen LogP) is 3.76. The fraction of sp³-hybridized carbons (Fsp3) is 0.429. The van der Waals surface area contributed by atoms with Gasteiger partial charge in [-0.3, -0.25) is 0 Å². The van der Waals surface area contributed by atoms with Crippen LogP contribution in [0.5, 0.6) is 0 Å².